The molecule has 2 heterocycles. The van der Waals surface area contributed by atoms with Crippen molar-refractivity contribution in [1.29, 1.82) is 0 Å². The Morgan fingerprint density at radius 2 is 1.73 bits per heavy atom. The molecule has 0 spiro atoms. The van der Waals surface area contributed by atoms with Crippen LogP contribution in [0.25, 0.3) is 0 Å². The number of nitrogens with one attached hydrogen (secondary N) is 1. The zero-order valence-electron chi connectivity index (χ0n) is 11.3. The minimum Gasteiger partial charge on any atom is -0.486 e. The van der Waals surface area contributed by atoms with Gasteiger partial charge in [0.25, 0.3) is 5.91 Å². The largest absolute Gasteiger partial charge is 0.486 e. The fraction of sp³-hybridized carbons (Fsp3) is 0.143. The number of carboxylic acid groups (broad SMARTS) is 1. The number of aromatic carboxylic acids is 1. The van der Waals surface area contributed by atoms with Crippen molar-refractivity contribution < 1.29 is 24.2 Å². The standard InChI is InChI=1S/C14H11N3O5/c18-13(11-12(14(19)20)16-4-3-15-11)17-8-1-2-9-10(7-8)22-6-5-21-9/h1-4,7H,5-6H2,(H,17,18)(H,19,20). The van der Waals surface area contributed by atoms with Gasteiger partial charge in [-0.1, -0.05) is 0 Å². The Kier molecular flexibility index (Phi) is 3.57. The molecule has 1 amide bonds. The van der Waals surface area contributed by atoms with Gasteiger partial charge < -0.3 is 19.9 Å². The maximum absolute atomic E-state index is 12.2. The quantitative estimate of drug-likeness (QED) is 0.876. The van der Waals surface area contributed by atoms with E-state index in [1.807, 2.05) is 0 Å². The van der Waals surface area contributed by atoms with Crippen LogP contribution >= 0.6 is 0 Å². The maximum Gasteiger partial charge on any atom is 0.356 e. The summed E-state index contributed by atoms with van der Waals surface area (Å²) in [5.41, 5.74) is -0.223. The van der Waals surface area contributed by atoms with E-state index in [2.05, 4.69) is 15.3 Å². The molecule has 0 unspecified atom stereocenters. The van der Waals surface area contributed by atoms with Gasteiger partial charge in [-0.05, 0) is 12.1 Å². The van der Waals surface area contributed by atoms with E-state index < -0.39 is 17.6 Å². The molecule has 0 atom stereocenters. The van der Waals surface area contributed by atoms with Gasteiger partial charge in [0, 0.05) is 24.1 Å². The lowest BCUT2D eigenvalue weighted by atomic mass is 10.2. The van der Waals surface area contributed by atoms with E-state index in [1.54, 1.807) is 18.2 Å². The summed E-state index contributed by atoms with van der Waals surface area (Å²) in [6.07, 6.45) is 2.47. The minimum atomic E-state index is -1.32. The molecule has 0 saturated carbocycles. The Hall–Kier alpha value is -3.16. The molecule has 1 aromatic carbocycles. The van der Waals surface area contributed by atoms with Crippen LogP contribution in [-0.2, 0) is 0 Å². The van der Waals surface area contributed by atoms with Crippen LogP contribution in [0.1, 0.15) is 21.0 Å². The predicted octanol–water partition coefficient (Wildman–Crippen LogP) is 1.20. The number of nitrogens with zero attached hydrogens (tertiary/aromatic N) is 2. The molecule has 1 aliphatic rings. The second-order valence-electron chi connectivity index (χ2n) is 4.37. The van der Waals surface area contributed by atoms with Gasteiger partial charge in [0.15, 0.2) is 22.9 Å². The highest BCUT2D eigenvalue weighted by Gasteiger charge is 2.20. The number of rotatable bonds is 3. The molecule has 2 N–H and O–H groups in total. The third kappa shape index (κ3) is 2.66. The highest BCUT2D eigenvalue weighted by Crippen LogP contribution is 2.32. The van der Waals surface area contributed by atoms with Crippen molar-refractivity contribution in [3.8, 4) is 11.5 Å². The Morgan fingerprint density at radius 3 is 2.45 bits per heavy atom. The third-order valence-electron chi connectivity index (χ3n) is 2.92. The van der Waals surface area contributed by atoms with Crippen LogP contribution in [0.4, 0.5) is 5.69 Å². The molecule has 0 radical (unpaired) electrons. The van der Waals surface area contributed by atoms with Crippen LogP contribution in [0.15, 0.2) is 30.6 Å². The van der Waals surface area contributed by atoms with E-state index in [9.17, 15) is 9.59 Å². The van der Waals surface area contributed by atoms with Crippen molar-refractivity contribution in [3.05, 3.63) is 42.0 Å². The topological polar surface area (TPSA) is 111 Å². The van der Waals surface area contributed by atoms with Gasteiger partial charge in [0.1, 0.15) is 13.2 Å². The Labute approximate surface area is 124 Å². The number of benzene rings is 1. The lowest BCUT2D eigenvalue weighted by molar-refractivity contribution is 0.0685. The number of fused-ring (bicyclic) bond motifs is 1. The second kappa shape index (κ2) is 5.68. The van der Waals surface area contributed by atoms with Gasteiger partial charge >= 0.3 is 5.97 Å². The van der Waals surface area contributed by atoms with Crippen LogP contribution in [-0.4, -0.2) is 40.2 Å². The summed E-state index contributed by atoms with van der Waals surface area (Å²) < 4.78 is 10.8. The van der Waals surface area contributed by atoms with Gasteiger partial charge in [-0.2, -0.15) is 0 Å². The molecule has 112 valence electrons. The highest BCUT2D eigenvalue weighted by atomic mass is 16.6. The molecule has 0 aliphatic carbocycles. The number of aromatic nitrogens is 2. The number of hydrogen-bond donors (Lipinski definition) is 2. The van der Waals surface area contributed by atoms with E-state index in [-0.39, 0.29) is 5.69 Å². The Bertz CT molecular complexity index is 747. The van der Waals surface area contributed by atoms with Gasteiger partial charge in [0.05, 0.1) is 0 Å². The SMILES string of the molecule is O=C(O)c1nccnc1C(=O)Nc1ccc2c(c1)OCCO2. The van der Waals surface area contributed by atoms with Crippen molar-refractivity contribution in [3.63, 3.8) is 0 Å². The first-order chi connectivity index (χ1) is 10.6. The summed E-state index contributed by atoms with van der Waals surface area (Å²) in [6, 6.07) is 4.89. The molecule has 0 saturated heterocycles. The molecular weight excluding hydrogens is 290 g/mol. The number of carboxylic acids is 1. The van der Waals surface area contributed by atoms with Gasteiger partial charge in [-0.15, -0.1) is 0 Å². The van der Waals surface area contributed by atoms with E-state index in [1.165, 1.54) is 12.4 Å². The van der Waals surface area contributed by atoms with E-state index in [0.717, 1.165) is 0 Å². The smallest absolute Gasteiger partial charge is 0.356 e. The Morgan fingerprint density at radius 1 is 1.05 bits per heavy atom. The number of hydrogen-bond acceptors (Lipinski definition) is 6. The van der Waals surface area contributed by atoms with Crippen molar-refractivity contribution in [2.24, 2.45) is 0 Å². The first-order valence-corrected chi connectivity index (χ1v) is 6.40. The molecule has 0 fully saturated rings. The predicted molar refractivity (Wildman–Crippen MR) is 74.4 cm³/mol. The third-order valence-corrected chi connectivity index (χ3v) is 2.92. The fourth-order valence-electron chi connectivity index (χ4n) is 1.97. The molecule has 1 aromatic heterocycles. The summed E-state index contributed by atoms with van der Waals surface area (Å²) in [7, 11) is 0. The van der Waals surface area contributed by atoms with Gasteiger partial charge in [-0.25, -0.2) is 14.8 Å². The molecule has 2 aromatic rings. The normalized spacial score (nSPS) is 12.5. The van der Waals surface area contributed by atoms with Crippen LogP contribution in [0.5, 0.6) is 11.5 Å². The number of anilines is 1. The first-order valence-electron chi connectivity index (χ1n) is 6.40. The number of amides is 1. The van der Waals surface area contributed by atoms with Crippen LogP contribution < -0.4 is 14.8 Å². The van der Waals surface area contributed by atoms with Gasteiger partial charge in [0.2, 0.25) is 0 Å². The highest BCUT2D eigenvalue weighted by molar-refractivity contribution is 6.08. The molecule has 22 heavy (non-hydrogen) atoms. The minimum absolute atomic E-state index is 0.259. The molecule has 1 aliphatic heterocycles. The average molecular weight is 301 g/mol. The van der Waals surface area contributed by atoms with Crippen LogP contribution in [0, 0.1) is 0 Å². The lowest BCUT2D eigenvalue weighted by Crippen LogP contribution is -2.20. The first kappa shape index (κ1) is 13.8. The summed E-state index contributed by atoms with van der Waals surface area (Å²) in [5.74, 6) is -0.876. The maximum atomic E-state index is 12.2. The summed E-state index contributed by atoms with van der Waals surface area (Å²) in [6.45, 7) is 0.901. The molecule has 8 nitrogen and oxygen atoms in total. The summed E-state index contributed by atoms with van der Waals surface area (Å²) in [5, 5.41) is 11.6. The van der Waals surface area contributed by atoms with Crippen molar-refractivity contribution >= 4 is 17.6 Å². The number of carbonyl (C=O) groups excluding carboxylic acids is 1. The van der Waals surface area contributed by atoms with Crippen molar-refractivity contribution in [2.75, 3.05) is 18.5 Å². The monoisotopic (exact) mass is 301 g/mol. The zero-order chi connectivity index (χ0) is 15.5. The van der Waals surface area contributed by atoms with E-state index in [4.69, 9.17) is 14.6 Å². The molecular formula is C14H11N3O5. The van der Waals surface area contributed by atoms with Gasteiger partial charge in [-0.3, -0.25) is 4.79 Å². The van der Waals surface area contributed by atoms with Crippen LogP contribution in [0.2, 0.25) is 0 Å². The van der Waals surface area contributed by atoms with Crippen LogP contribution in [0.3, 0.4) is 0 Å². The lowest BCUT2D eigenvalue weighted by Gasteiger charge is -2.19. The molecule has 0 bridgehead atoms. The van der Waals surface area contributed by atoms with Crippen molar-refractivity contribution in [1.82, 2.24) is 9.97 Å². The van der Waals surface area contributed by atoms with E-state index >= 15 is 0 Å². The molecule has 3 rings (SSSR count). The Balaban J connectivity index is 1.84. The number of carbonyl (C=O) groups is 2. The second-order valence-corrected chi connectivity index (χ2v) is 4.37. The fourth-order valence-corrected chi connectivity index (χ4v) is 1.97. The summed E-state index contributed by atoms with van der Waals surface area (Å²) in [4.78, 5) is 30.6. The van der Waals surface area contributed by atoms with E-state index in [0.29, 0.717) is 30.4 Å². The average Bonchev–Trinajstić information content (AvgIpc) is 2.54. The van der Waals surface area contributed by atoms with Crippen molar-refractivity contribution in [2.45, 2.75) is 0 Å². The number of ether oxygens (including phenoxy) is 2. The summed E-state index contributed by atoms with van der Waals surface area (Å²) >= 11 is 0. The molecule has 8 heteroatoms. The zero-order valence-corrected chi connectivity index (χ0v) is 11.3.